The molecule has 0 aromatic heterocycles. The smallest absolute Gasteiger partial charge is 0.115 e. The molecule has 0 saturated heterocycles. The van der Waals surface area contributed by atoms with Crippen LogP contribution in [0, 0.1) is 11.8 Å². The molecule has 16 heavy (non-hydrogen) atoms. The van der Waals surface area contributed by atoms with Crippen molar-refractivity contribution in [1.82, 2.24) is 0 Å². The zero-order chi connectivity index (χ0) is 11.2. The summed E-state index contributed by atoms with van der Waals surface area (Å²) in [5.74, 6) is 1.49. The van der Waals surface area contributed by atoms with E-state index >= 15 is 0 Å². The summed E-state index contributed by atoms with van der Waals surface area (Å²) >= 11 is 0. The van der Waals surface area contributed by atoms with Crippen molar-refractivity contribution in [2.75, 3.05) is 6.61 Å². The minimum absolute atomic E-state index is 0.186. The van der Waals surface area contributed by atoms with E-state index < -0.39 is 0 Å². The van der Waals surface area contributed by atoms with Gasteiger partial charge in [0.2, 0.25) is 0 Å². The number of hydrogen-bond donors (Lipinski definition) is 2. The van der Waals surface area contributed by atoms with Crippen molar-refractivity contribution in [3.05, 3.63) is 29.8 Å². The second-order valence-electron chi connectivity index (χ2n) is 5.30. The Morgan fingerprint density at radius 3 is 2.62 bits per heavy atom. The number of rotatable bonds is 3. The Balaban J connectivity index is 1.95. The average Bonchev–Trinajstić information content (AvgIpc) is 2.91. The van der Waals surface area contributed by atoms with Crippen molar-refractivity contribution >= 4 is 0 Å². The lowest BCUT2D eigenvalue weighted by atomic mass is 9.69. The van der Waals surface area contributed by atoms with Crippen LogP contribution in [0.4, 0.5) is 0 Å². The van der Waals surface area contributed by atoms with E-state index in [4.69, 9.17) is 0 Å². The maximum absolute atomic E-state index is 9.57. The predicted molar refractivity (Wildman–Crippen MR) is 62.3 cm³/mol. The fourth-order valence-corrected chi connectivity index (χ4v) is 3.38. The van der Waals surface area contributed by atoms with Crippen LogP contribution in [0.2, 0.25) is 0 Å². The highest BCUT2D eigenvalue weighted by atomic mass is 16.3. The highest BCUT2D eigenvalue weighted by Crippen LogP contribution is 2.63. The van der Waals surface area contributed by atoms with E-state index in [1.165, 1.54) is 24.8 Å². The fourth-order valence-electron chi connectivity index (χ4n) is 3.38. The highest BCUT2D eigenvalue weighted by Gasteiger charge is 2.60. The van der Waals surface area contributed by atoms with Gasteiger partial charge in [0.25, 0.3) is 0 Å². The molecule has 0 bridgehead atoms. The van der Waals surface area contributed by atoms with E-state index in [0.717, 1.165) is 12.3 Å². The average molecular weight is 218 g/mol. The molecular formula is C14H18O2. The molecule has 3 rings (SSSR count). The lowest BCUT2D eigenvalue weighted by Gasteiger charge is -2.35. The molecule has 86 valence electrons. The molecular weight excluding hydrogens is 200 g/mol. The van der Waals surface area contributed by atoms with Gasteiger partial charge in [-0.2, -0.15) is 0 Å². The summed E-state index contributed by atoms with van der Waals surface area (Å²) < 4.78 is 0. The monoisotopic (exact) mass is 218 g/mol. The van der Waals surface area contributed by atoms with Crippen LogP contribution in [-0.4, -0.2) is 16.8 Å². The second kappa shape index (κ2) is 3.49. The molecule has 0 amide bonds. The van der Waals surface area contributed by atoms with Gasteiger partial charge in [0.05, 0.1) is 0 Å². The molecule has 0 radical (unpaired) electrons. The number of phenolic OH excluding ortho intramolecular Hbond substituents is 1. The van der Waals surface area contributed by atoms with Gasteiger partial charge in [0.15, 0.2) is 0 Å². The quantitative estimate of drug-likeness (QED) is 0.818. The Morgan fingerprint density at radius 2 is 2.12 bits per heavy atom. The van der Waals surface area contributed by atoms with Gasteiger partial charge in [-0.1, -0.05) is 18.6 Å². The van der Waals surface area contributed by atoms with E-state index in [0.29, 0.717) is 11.7 Å². The van der Waals surface area contributed by atoms with Gasteiger partial charge < -0.3 is 10.2 Å². The molecule has 2 aliphatic carbocycles. The van der Waals surface area contributed by atoms with Gasteiger partial charge in [0, 0.05) is 12.0 Å². The summed E-state index contributed by atoms with van der Waals surface area (Å²) in [4.78, 5) is 0. The maximum Gasteiger partial charge on any atom is 0.115 e. The van der Waals surface area contributed by atoms with Crippen LogP contribution in [0.25, 0.3) is 0 Å². The third kappa shape index (κ3) is 1.29. The molecule has 2 heteroatoms. The first-order chi connectivity index (χ1) is 7.77. The molecule has 1 aromatic rings. The second-order valence-corrected chi connectivity index (χ2v) is 5.30. The van der Waals surface area contributed by atoms with Crippen LogP contribution < -0.4 is 0 Å². The number of hydrogen-bond acceptors (Lipinski definition) is 2. The van der Waals surface area contributed by atoms with Gasteiger partial charge >= 0.3 is 0 Å². The van der Waals surface area contributed by atoms with E-state index in [1.807, 2.05) is 12.1 Å². The minimum atomic E-state index is 0.186. The van der Waals surface area contributed by atoms with Crippen LogP contribution in [0.1, 0.15) is 31.2 Å². The molecule has 2 unspecified atom stereocenters. The van der Waals surface area contributed by atoms with Crippen LogP contribution in [-0.2, 0) is 5.41 Å². The SMILES string of the molecule is OCC1CC1(c1cccc(O)c1)C1CCC1. The number of phenols is 1. The molecule has 0 heterocycles. The van der Waals surface area contributed by atoms with Crippen LogP contribution in [0.3, 0.4) is 0 Å². The highest BCUT2D eigenvalue weighted by molar-refractivity contribution is 5.40. The van der Waals surface area contributed by atoms with E-state index in [2.05, 4.69) is 6.07 Å². The summed E-state index contributed by atoms with van der Waals surface area (Å²) in [5, 5.41) is 19.0. The largest absolute Gasteiger partial charge is 0.508 e. The topological polar surface area (TPSA) is 40.5 Å². The summed E-state index contributed by atoms with van der Waals surface area (Å²) in [6.45, 7) is 0.284. The molecule has 1 aromatic carbocycles. The summed E-state index contributed by atoms with van der Waals surface area (Å²) in [7, 11) is 0. The summed E-state index contributed by atoms with van der Waals surface area (Å²) in [6.07, 6.45) is 4.99. The Hall–Kier alpha value is -1.02. The minimum Gasteiger partial charge on any atom is -0.508 e. The van der Waals surface area contributed by atoms with E-state index in [9.17, 15) is 10.2 Å². The van der Waals surface area contributed by atoms with Gasteiger partial charge in [-0.25, -0.2) is 0 Å². The molecule has 0 spiro atoms. The van der Waals surface area contributed by atoms with Crippen molar-refractivity contribution in [3.8, 4) is 5.75 Å². The molecule has 2 N–H and O–H groups in total. The van der Waals surface area contributed by atoms with Crippen molar-refractivity contribution in [1.29, 1.82) is 0 Å². The Kier molecular flexibility index (Phi) is 2.21. The molecule has 0 aliphatic heterocycles. The van der Waals surface area contributed by atoms with Gasteiger partial charge in [-0.3, -0.25) is 0 Å². The lowest BCUT2D eigenvalue weighted by molar-refractivity contribution is 0.197. The number of aliphatic hydroxyl groups is 1. The number of aromatic hydroxyl groups is 1. The number of benzene rings is 1. The number of aliphatic hydroxyl groups excluding tert-OH is 1. The standard InChI is InChI=1S/C14H18O2/c15-9-12-8-14(12,10-3-1-4-10)11-5-2-6-13(16)7-11/h2,5-7,10,12,15-16H,1,3-4,8-9H2. The molecule has 2 atom stereocenters. The van der Waals surface area contributed by atoms with Crippen molar-refractivity contribution in [2.24, 2.45) is 11.8 Å². The molecule has 2 aliphatic rings. The Labute approximate surface area is 95.9 Å². The van der Waals surface area contributed by atoms with E-state index in [-0.39, 0.29) is 12.0 Å². The zero-order valence-electron chi connectivity index (χ0n) is 9.39. The molecule has 2 fully saturated rings. The Bertz CT molecular complexity index is 397. The van der Waals surface area contributed by atoms with Crippen molar-refractivity contribution < 1.29 is 10.2 Å². The third-order valence-corrected chi connectivity index (χ3v) is 4.59. The van der Waals surface area contributed by atoms with Gasteiger partial charge in [0.1, 0.15) is 5.75 Å². The van der Waals surface area contributed by atoms with Crippen molar-refractivity contribution in [2.45, 2.75) is 31.1 Å². The zero-order valence-corrected chi connectivity index (χ0v) is 9.39. The summed E-state index contributed by atoms with van der Waals surface area (Å²) in [5.41, 5.74) is 1.42. The van der Waals surface area contributed by atoms with Gasteiger partial charge in [-0.05, 0) is 48.8 Å². The fraction of sp³-hybridized carbons (Fsp3) is 0.571. The van der Waals surface area contributed by atoms with Crippen LogP contribution in [0.5, 0.6) is 5.75 Å². The van der Waals surface area contributed by atoms with Crippen LogP contribution >= 0.6 is 0 Å². The predicted octanol–water partition coefficient (Wildman–Crippen LogP) is 2.44. The van der Waals surface area contributed by atoms with Crippen LogP contribution in [0.15, 0.2) is 24.3 Å². The molecule has 2 saturated carbocycles. The van der Waals surface area contributed by atoms with E-state index in [1.54, 1.807) is 6.07 Å². The van der Waals surface area contributed by atoms with Crippen molar-refractivity contribution in [3.63, 3.8) is 0 Å². The third-order valence-electron chi connectivity index (χ3n) is 4.59. The first-order valence-corrected chi connectivity index (χ1v) is 6.18. The first kappa shape index (κ1) is 10.2. The molecule has 2 nitrogen and oxygen atoms in total. The normalized spacial score (nSPS) is 33.4. The maximum atomic E-state index is 9.57. The lowest BCUT2D eigenvalue weighted by Crippen LogP contribution is -2.29. The first-order valence-electron chi connectivity index (χ1n) is 6.18. The van der Waals surface area contributed by atoms with Gasteiger partial charge in [-0.15, -0.1) is 0 Å². The summed E-state index contributed by atoms with van der Waals surface area (Å²) in [6, 6.07) is 7.62. The Morgan fingerprint density at radius 1 is 1.31 bits per heavy atom.